The summed E-state index contributed by atoms with van der Waals surface area (Å²) in [5, 5.41) is 6.31. The molecule has 2 rings (SSSR count). The van der Waals surface area contributed by atoms with E-state index in [0.717, 1.165) is 16.7 Å². The first-order valence-corrected chi connectivity index (χ1v) is 7.93. The van der Waals surface area contributed by atoms with E-state index in [9.17, 15) is 4.79 Å². The molecule has 0 saturated heterocycles. The molecule has 1 unspecified atom stereocenters. The molecule has 0 amide bonds. The highest BCUT2D eigenvalue weighted by molar-refractivity contribution is 7.13. The molecule has 1 fully saturated rings. The number of carbonyl (C=O) groups is 1. The minimum Gasteiger partial charge on any atom is -0.466 e. The van der Waals surface area contributed by atoms with Gasteiger partial charge in [0.15, 0.2) is 5.13 Å². The van der Waals surface area contributed by atoms with E-state index in [0.29, 0.717) is 12.6 Å². The van der Waals surface area contributed by atoms with Crippen molar-refractivity contribution >= 4 is 22.4 Å². The Labute approximate surface area is 118 Å². The van der Waals surface area contributed by atoms with Gasteiger partial charge in [-0.2, -0.15) is 0 Å². The van der Waals surface area contributed by atoms with Gasteiger partial charge in [-0.25, -0.2) is 4.98 Å². The molecule has 1 N–H and O–H groups in total. The summed E-state index contributed by atoms with van der Waals surface area (Å²) in [6.45, 7) is 4.46. The van der Waals surface area contributed by atoms with E-state index in [1.54, 1.807) is 11.3 Å². The zero-order valence-corrected chi connectivity index (χ0v) is 12.5. The lowest BCUT2D eigenvalue weighted by molar-refractivity contribution is -0.142. The topological polar surface area (TPSA) is 51.2 Å². The number of esters is 1. The molecular weight excluding hydrogens is 260 g/mol. The maximum Gasteiger partial charge on any atom is 0.311 e. The van der Waals surface area contributed by atoms with Crippen LogP contribution in [0.3, 0.4) is 0 Å². The number of anilines is 1. The molecule has 0 radical (unpaired) electrons. The fraction of sp³-hybridized carbons (Fsp3) is 0.714. The van der Waals surface area contributed by atoms with Gasteiger partial charge in [-0.05, 0) is 32.6 Å². The van der Waals surface area contributed by atoms with Crippen molar-refractivity contribution in [1.29, 1.82) is 0 Å². The molecule has 0 spiro atoms. The molecule has 1 aliphatic rings. The summed E-state index contributed by atoms with van der Waals surface area (Å²) in [6.07, 6.45) is 5.60. The monoisotopic (exact) mass is 282 g/mol. The van der Waals surface area contributed by atoms with Crippen LogP contribution in [-0.4, -0.2) is 23.6 Å². The number of nitrogens with one attached hydrogen (secondary N) is 1. The van der Waals surface area contributed by atoms with Crippen LogP contribution in [0.1, 0.15) is 45.2 Å². The Kier molecular flexibility index (Phi) is 5.19. The maximum absolute atomic E-state index is 11.4. The Morgan fingerprint density at radius 1 is 1.58 bits per heavy atom. The summed E-state index contributed by atoms with van der Waals surface area (Å²) >= 11 is 1.57. The van der Waals surface area contributed by atoms with E-state index < -0.39 is 0 Å². The van der Waals surface area contributed by atoms with Crippen molar-refractivity contribution in [3.05, 3.63) is 11.1 Å². The lowest BCUT2D eigenvalue weighted by Gasteiger charge is -2.19. The summed E-state index contributed by atoms with van der Waals surface area (Å²) in [5.41, 5.74) is 0.796. The number of aromatic nitrogens is 1. The van der Waals surface area contributed by atoms with E-state index in [1.165, 1.54) is 25.7 Å². The normalized spacial score (nSPS) is 17.4. The average Bonchev–Trinajstić information content (AvgIpc) is 3.00. The third kappa shape index (κ3) is 4.20. The highest BCUT2D eigenvalue weighted by Crippen LogP contribution is 2.29. The molecule has 1 aromatic rings. The van der Waals surface area contributed by atoms with Crippen LogP contribution in [0.4, 0.5) is 5.13 Å². The molecule has 1 heterocycles. The van der Waals surface area contributed by atoms with Gasteiger partial charge in [0.25, 0.3) is 0 Å². The van der Waals surface area contributed by atoms with Gasteiger partial charge in [0, 0.05) is 11.4 Å². The zero-order valence-electron chi connectivity index (χ0n) is 11.6. The van der Waals surface area contributed by atoms with Crippen LogP contribution >= 0.6 is 11.3 Å². The van der Waals surface area contributed by atoms with Crippen molar-refractivity contribution in [1.82, 2.24) is 4.98 Å². The Morgan fingerprint density at radius 2 is 2.32 bits per heavy atom. The smallest absolute Gasteiger partial charge is 0.311 e. The molecule has 1 atom stereocenters. The van der Waals surface area contributed by atoms with E-state index in [2.05, 4.69) is 17.2 Å². The minimum atomic E-state index is -0.205. The second-order valence-corrected chi connectivity index (χ2v) is 5.96. The number of carbonyl (C=O) groups excluding carboxylic acids is 1. The van der Waals surface area contributed by atoms with Gasteiger partial charge in [0.1, 0.15) is 0 Å². The van der Waals surface area contributed by atoms with Crippen molar-refractivity contribution in [3.8, 4) is 0 Å². The number of rotatable bonds is 6. The Balaban J connectivity index is 1.84. The van der Waals surface area contributed by atoms with Gasteiger partial charge in [0.2, 0.25) is 0 Å². The van der Waals surface area contributed by atoms with Crippen LogP contribution in [0, 0.1) is 5.92 Å². The molecule has 1 aliphatic carbocycles. The third-order valence-electron chi connectivity index (χ3n) is 3.64. The molecule has 5 heteroatoms. The summed E-state index contributed by atoms with van der Waals surface area (Å²) in [6, 6.07) is 0.462. The summed E-state index contributed by atoms with van der Waals surface area (Å²) in [4.78, 5) is 15.8. The molecule has 0 aromatic carbocycles. The number of hydrogen-bond acceptors (Lipinski definition) is 5. The van der Waals surface area contributed by atoms with E-state index in [1.807, 2.05) is 12.3 Å². The van der Waals surface area contributed by atoms with Gasteiger partial charge < -0.3 is 10.1 Å². The molecule has 1 aromatic heterocycles. The van der Waals surface area contributed by atoms with Crippen molar-refractivity contribution in [2.75, 3.05) is 11.9 Å². The predicted octanol–water partition coefficient (Wildman–Crippen LogP) is 3.24. The summed E-state index contributed by atoms with van der Waals surface area (Å²) < 4.78 is 4.92. The number of thiazole rings is 1. The van der Waals surface area contributed by atoms with Crippen LogP contribution in [0.2, 0.25) is 0 Å². The third-order valence-corrected chi connectivity index (χ3v) is 4.46. The number of ether oxygens (including phenoxy) is 1. The van der Waals surface area contributed by atoms with Crippen molar-refractivity contribution < 1.29 is 9.53 Å². The molecular formula is C14H22N2O2S. The van der Waals surface area contributed by atoms with Gasteiger partial charge >= 0.3 is 5.97 Å². The molecule has 1 saturated carbocycles. The quantitative estimate of drug-likeness (QED) is 0.814. The van der Waals surface area contributed by atoms with Crippen LogP contribution in [0.25, 0.3) is 0 Å². The van der Waals surface area contributed by atoms with Crippen LogP contribution in [0.15, 0.2) is 5.38 Å². The highest BCUT2D eigenvalue weighted by Gasteiger charge is 2.22. The molecule has 106 valence electrons. The molecule has 4 nitrogen and oxygen atoms in total. The Morgan fingerprint density at radius 3 is 3.00 bits per heavy atom. The van der Waals surface area contributed by atoms with Crippen molar-refractivity contribution in [2.45, 2.75) is 52.0 Å². The largest absolute Gasteiger partial charge is 0.466 e. The molecule has 0 bridgehead atoms. The number of nitrogens with zero attached hydrogens (tertiary/aromatic N) is 1. The fourth-order valence-electron chi connectivity index (χ4n) is 2.58. The first kappa shape index (κ1) is 14.3. The van der Waals surface area contributed by atoms with Crippen molar-refractivity contribution in [2.24, 2.45) is 5.92 Å². The first-order chi connectivity index (χ1) is 9.19. The fourth-order valence-corrected chi connectivity index (χ4v) is 3.39. The van der Waals surface area contributed by atoms with E-state index >= 15 is 0 Å². The second kappa shape index (κ2) is 6.89. The summed E-state index contributed by atoms with van der Waals surface area (Å²) in [5.74, 6) is 0.556. The lowest BCUT2D eigenvalue weighted by Crippen LogP contribution is -2.23. The van der Waals surface area contributed by atoms with Crippen LogP contribution < -0.4 is 5.32 Å². The number of hydrogen-bond donors (Lipinski definition) is 1. The SMILES string of the molecule is CCOC(=O)Cc1csc(NC(C)C2CCCC2)n1. The Bertz CT molecular complexity index is 413. The Hall–Kier alpha value is -1.10. The maximum atomic E-state index is 11.4. The average molecular weight is 282 g/mol. The zero-order chi connectivity index (χ0) is 13.7. The summed E-state index contributed by atoms with van der Waals surface area (Å²) in [7, 11) is 0. The van der Waals surface area contributed by atoms with E-state index in [-0.39, 0.29) is 12.4 Å². The predicted molar refractivity (Wildman–Crippen MR) is 77.5 cm³/mol. The van der Waals surface area contributed by atoms with Gasteiger partial charge in [-0.1, -0.05) is 12.8 Å². The van der Waals surface area contributed by atoms with Crippen LogP contribution in [0.5, 0.6) is 0 Å². The molecule has 0 aliphatic heterocycles. The minimum absolute atomic E-state index is 0.205. The standard InChI is InChI=1S/C14H22N2O2S/c1-3-18-13(17)8-12-9-19-14(16-12)15-10(2)11-6-4-5-7-11/h9-11H,3-8H2,1-2H3,(H,15,16). The molecule has 19 heavy (non-hydrogen) atoms. The van der Waals surface area contributed by atoms with Gasteiger partial charge in [-0.15, -0.1) is 11.3 Å². The second-order valence-electron chi connectivity index (χ2n) is 5.10. The lowest BCUT2D eigenvalue weighted by atomic mass is 10.0. The van der Waals surface area contributed by atoms with Crippen molar-refractivity contribution in [3.63, 3.8) is 0 Å². The van der Waals surface area contributed by atoms with E-state index in [4.69, 9.17) is 4.74 Å². The van der Waals surface area contributed by atoms with Gasteiger partial charge in [-0.3, -0.25) is 4.79 Å². The first-order valence-electron chi connectivity index (χ1n) is 7.05. The van der Waals surface area contributed by atoms with Crippen LogP contribution in [-0.2, 0) is 16.0 Å². The van der Waals surface area contributed by atoms with Gasteiger partial charge in [0.05, 0.1) is 18.7 Å². The highest BCUT2D eigenvalue weighted by atomic mass is 32.1.